The van der Waals surface area contributed by atoms with Crippen molar-refractivity contribution in [3.8, 4) is 0 Å². The number of ketones is 1. The molecule has 0 saturated carbocycles. The number of benzene rings is 1. The highest BCUT2D eigenvalue weighted by Crippen LogP contribution is 2.40. The van der Waals surface area contributed by atoms with Crippen molar-refractivity contribution in [2.24, 2.45) is 0 Å². The molecular formula is C17H16BrClFNO5. The van der Waals surface area contributed by atoms with Gasteiger partial charge in [-0.05, 0) is 25.5 Å². The zero-order valence-electron chi connectivity index (χ0n) is 14.0. The van der Waals surface area contributed by atoms with Crippen molar-refractivity contribution in [3.63, 3.8) is 0 Å². The number of ether oxygens (including phenoxy) is 2. The van der Waals surface area contributed by atoms with Gasteiger partial charge in [0.2, 0.25) is 23.2 Å². The molecule has 1 aliphatic heterocycles. The number of amides is 1. The van der Waals surface area contributed by atoms with Gasteiger partial charge in [-0.2, -0.15) is 0 Å². The van der Waals surface area contributed by atoms with Gasteiger partial charge in [0.25, 0.3) is 5.78 Å². The fraction of sp³-hybridized carbons (Fsp3) is 0.353. The minimum atomic E-state index is -1.81. The molecule has 0 saturated heterocycles. The van der Waals surface area contributed by atoms with Crippen LogP contribution in [0.1, 0.15) is 32.3 Å². The number of alkyl halides is 1. The number of hydrogen-bond donors (Lipinski definition) is 1. The summed E-state index contributed by atoms with van der Waals surface area (Å²) in [5.41, 5.74) is -1.90. The average molecular weight is 449 g/mol. The van der Waals surface area contributed by atoms with Crippen LogP contribution >= 0.6 is 27.5 Å². The number of hydrogen-bond acceptors (Lipinski definition) is 5. The molecule has 0 fully saturated rings. The Balaban J connectivity index is 2.38. The van der Waals surface area contributed by atoms with Crippen LogP contribution in [0.25, 0.3) is 0 Å². The van der Waals surface area contributed by atoms with Crippen LogP contribution in [0.2, 0.25) is 5.02 Å². The monoisotopic (exact) mass is 447 g/mol. The molecule has 1 atom stereocenters. The Kier molecular flexibility index (Phi) is 6.41. The SMILES string of the molecule is CC(=O)OC1=C(NC(=O)CCCBr)OC(C)(c2ccc(Cl)cc2F)C1=O. The Morgan fingerprint density at radius 2 is 2.12 bits per heavy atom. The van der Waals surface area contributed by atoms with Crippen LogP contribution in [-0.4, -0.2) is 23.0 Å². The lowest BCUT2D eigenvalue weighted by atomic mass is 9.91. The fourth-order valence-corrected chi connectivity index (χ4v) is 2.84. The lowest BCUT2D eigenvalue weighted by Gasteiger charge is -2.24. The standard InChI is InChI=1S/C17H16BrClFNO5/c1-9(22)25-14-15(24)17(2,11-6-5-10(19)8-12(11)20)26-16(14)21-13(23)4-3-7-18/h5-6,8H,3-4,7H2,1-2H3,(H,21,23). The van der Waals surface area contributed by atoms with Crippen molar-refractivity contribution in [1.82, 2.24) is 5.32 Å². The molecule has 1 amide bonds. The Labute approximate surface area is 162 Å². The summed E-state index contributed by atoms with van der Waals surface area (Å²) in [4.78, 5) is 36.1. The first kappa shape index (κ1) is 20.4. The van der Waals surface area contributed by atoms with E-state index in [4.69, 9.17) is 21.1 Å². The molecule has 26 heavy (non-hydrogen) atoms. The van der Waals surface area contributed by atoms with E-state index in [2.05, 4.69) is 21.2 Å². The number of carbonyl (C=O) groups excluding carboxylic acids is 3. The Hall–Kier alpha value is -1.93. The zero-order chi connectivity index (χ0) is 19.5. The van der Waals surface area contributed by atoms with E-state index in [9.17, 15) is 18.8 Å². The van der Waals surface area contributed by atoms with E-state index < -0.39 is 34.8 Å². The van der Waals surface area contributed by atoms with Gasteiger partial charge in [-0.25, -0.2) is 4.39 Å². The van der Waals surface area contributed by atoms with E-state index in [0.29, 0.717) is 11.8 Å². The number of rotatable bonds is 6. The smallest absolute Gasteiger partial charge is 0.308 e. The van der Waals surface area contributed by atoms with Crippen LogP contribution in [0.5, 0.6) is 0 Å². The normalized spacial score (nSPS) is 19.3. The lowest BCUT2D eigenvalue weighted by molar-refractivity contribution is -0.142. The minimum Gasteiger partial charge on any atom is -0.456 e. The Morgan fingerprint density at radius 1 is 1.42 bits per heavy atom. The van der Waals surface area contributed by atoms with Crippen molar-refractivity contribution >= 4 is 45.2 Å². The lowest BCUT2D eigenvalue weighted by Crippen LogP contribution is -2.33. The highest BCUT2D eigenvalue weighted by atomic mass is 79.9. The van der Waals surface area contributed by atoms with Crippen LogP contribution in [0.15, 0.2) is 29.8 Å². The molecule has 140 valence electrons. The maximum atomic E-state index is 14.3. The third kappa shape index (κ3) is 4.24. The highest BCUT2D eigenvalue weighted by Gasteiger charge is 2.51. The van der Waals surface area contributed by atoms with Crippen molar-refractivity contribution in [1.29, 1.82) is 0 Å². The molecule has 1 unspecified atom stereocenters. The number of carbonyl (C=O) groups is 3. The van der Waals surface area contributed by atoms with Gasteiger partial charge in [-0.15, -0.1) is 0 Å². The Bertz CT molecular complexity index is 797. The summed E-state index contributed by atoms with van der Waals surface area (Å²) in [6, 6.07) is 3.74. The summed E-state index contributed by atoms with van der Waals surface area (Å²) >= 11 is 8.95. The predicted molar refractivity (Wildman–Crippen MR) is 94.8 cm³/mol. The third-order valence-corrected chi connectivity index (χ3v) is 4.43. The molecule has 0 radical (unpaired) electrons. The van der Waals surface area contributed by atoms with Crippen molar-refractivity contribution in [3.05, 3.63) is 46.2 Å². The van der Waals surface area contributed by atoms with Gasteiger partial charge in [0.1, 0.15) is 5.82 Å². The molecule has 1 N–H and O–H groups in total. The maximum Gasteiger partial charge on any atom is 0.308 e. The largest absolute Gasteiger partial charge is 0.456 e. The minimum absolute atomic E-state index is 0.0961. The summed E-state index contributed by atoms with van der Waals surface area (Å²) in [5, 5.41) is 3.17. The zero-order valence-corrected chi connectivity index (χ0v) is 16.4. The first-order chi connectivity index (χ1) is 12.2. The van der Waals surface area contributed by atoms with E-state index in [1.54, 1.807) is 0 Å². The molecule has 1 aliphatic rings. The summed E-state index contributed by atoms with van der Waals surface area (Å²) < 4.78 is 24.8. The summed E-state index contributed by atoms with van der Waals surface area (Å²) in [6.45, 7) is 2.42. The molecule has 1 aromatic carbocycles. The van der Waals surface area contributed by atoms with Crippen LogP contribution in [0, 0.1) is 5.82 Å². The Morgan fingerprint density at radius 3 is 2.69 bits per heavy atom. The molecule has 1 aromatic rings. The first-order valence-corrected chi connectivity index (χ1v) is 9.17. The van der Waals surface area contributed by atoms with Crippen LogP contribution in [-0.2, 0) is 29.5 Å². The summed E-state index contributed by atoms with van der Waals surface area (Å²) in [7, 11) is 0. The second-order valence-corrected chi connectivity index (χ2v) is 6.91. The van der Waals surface area contributed by atoms with E-state index in [1.807, 2.05) is 0 Å². The number of halogens is 3. The highest BCUT2D eigenvalue weighted by molar-refractivity contribution is 9.09. The predicted octanol–water partition coefficient (Wildman–Crippen LogP) is 3.32. The summed E-state index contributed by atoms with van der Waals surface area (Å²) in [6.07, 6.45) is 0.713. The van der Waals surface area contributed by atoms with Crippen LogP contribution < -0.4 is 5.32 Å². The molecule has 6 nitrogen and oxygen atoms in total. The van der Waals surface area contributed by atoms with Gasteiger partial charge in [-0.3, -0.25) is 19.7 Å². The first-order valence-electron chi connectivity index (χ1n) is 7.67. The van der Waals surface area contributed by atoms with Gasteiger partial charge < -0.3 is 9.47 Å². The van der Waals surface area contributed by atoms with E-state index in [0.717, 1.165) is 13.0 Å². The fourth-order valence-electron chi connectivity index (χ4n) is 2.41. The quantitative estimate of drug-likeness (QED) is 0.533. The van der Waals surface area contributed by atoms with Gasteiger partial charge >= 0.3 is 5.97 Å². The van der Waals surface area contributed by atoms with Crippen LogP contribution in [0.3, 0.4) is 0 Å². The van der Waals surface area contributed by atoms with Crippen molar-refractivity contribution in [2.45, 2.75) is 32.3 Å². The number of Topliss-reactive ketones (excluding diaryl/α,β-unsaturated/α-hetero) is 1. The van der Waals surface area contributed by atoms with Gasteiger partial charge in [0.05, 0.1) is 0 Å². The molecule has 0 aromatic heterocycles. The number of nitrogens with one attached hydrogen (secondary N) is 1. The van der Waals surface area contributed by atoms with Gasteiger partial charge in [0.15, 0.2) is 0 Å². The van der Waals surface area contributed by atoms with E-state index >= 15 is 0 Å². The third-order valence-electron chi connectivity index (χ3n) is 3.63. The second-order valence-electron chi connectivity index (χ2n) is 5.68. The molecule has 0 bridgehead atoms. The number of esters is 1. The second kappa shape index (κ2) is 8.18. The van der Waals surface area contributed by atoms with Gasteiger partial charge in [0, 0.05) is 29.3 Å². The van der Waals surface area contributed by atoms with Crippen molar-refractivity contribution in [2.75, 3.05) is 5.33 Å². The van der Waals surface area contributed by atoms with Crippen LogP contribution in [0.4, 0.5) is 4.39 Å². The molecule has 9 heteroatoms. The van der Waals surface area contributed by atoms with E-state index in [-0.39, 0.29) is 22.9 Å². The maximum absolute atomic E-state index is 14.3. The van der Waals surface area contributed by atoms with Gasteiger partial charge in [-0.1, -0.05) is 33.6 Å². The molecular weight excluding hydrogens is 433 g/mol. The average Bonchev–Trinajstić information content (AvgIpc) is 2.77. The van der Waals surface area contributed by atoms with Crippen molar-refractivity contribution < 1.29 is 28.2 Å². The molecule has 2 rings (SSSR count). The molecule has 0 aliphatic carbocycles. The topological polar surface area (TPSA) is 81.7 Å². The molecule has 1 heterocycles. The molecule has 0 spiro atoms. The summed E-state index contributed by atoms with van der Waals surface area (Å²) in [5.74, 6) is -3.54. The van der Waals surface area contributed by atoms with E-state index in [1.165, 1.54) is 19.1 Å².